The summed E-state index contributed by atoms with van der Waals surface area (Å²) in [5.41, 5.74) is 4.55. The van der Waals surface area contributed by atoms with Crippen LogP contribution in [0.2, 0.25) is 0 Å². The number of amides is 1. The van der Waals surface area contributed by atoms with Gasteiger partial charge in [-0.1, -0.05) is 26.0 Å². The highest BCUT2D eigenvalue weighted by atomic mass is 16.5. The summed E-state index contributed by atoms with van der Waals surface area (Å²) in [6, 6.07) is 8.11. The summed E-state index contributed by atoms with van der Waals surface area (Å²) in [5, 5.41) is 7.75. The van der Waals surface area contributed by atoms with Crippen molar-refractivity contribution < 1.29 is 9.53 Å². The van der Waals surface area contributed by atoms with Crippen LogP contribution in [0, 0.1) is 19.8 Å². The molecule has 29 heavy (non-hydrogen) atoms. The fourth-order valence-electron chi connectivity index (χ4n) is 3.58. The number of aryl methyl sites for hydroxylation is 1. The molecule has 0 aliphatic carbocycles. The predicted molar refractivity (Wildman–Crippen MR) is 117 cm³/mol. The van der Waals surface area contributed by atoms with E-state index < -0.39 is 0 Å². The van der Waals surface area contributed by atoms with E-state index in [0.29, 0.717) is 18.9 Å². The predicted octanol–water partition coefficient (Wildman–Crippen LogP) is 3.52. The maximum absolute atomic E-state index is 12.5. The summed E-state index contributed by atoms with van der Waals surface area (Å²) in [4.78, 5) is 14.6. The average molecular weight is 401 g/mol. The fourth-order valence-corrected chi connectivity index (χ4v) is 3.58. The maximum atomic E-state index is 12.5. The van der Waals surface area contributed by atoms with Gasteiger partial charge in [-0.05, 0) is 63.5 Å². The quantitative estimate of drug-likeness (QED) is 0.663. The van der Waals surface area contributed by atoms with Gasteiger partial charge in [0.2, 0.25) is 5.91 Å². The topological polar surface area (TPSA) is 59.4 Å². The van der Waals surface area contributed by atoms with Gasteiger partial charge in [-0.15, -0.1) is 0 Å². The number of carbonyl (C=O) groups excluding carboxylic acids is 1. The summed E-state index contributed by atoms with van der Waals surface area (Å²) < 4.78 is 7.30. The molecule has 0 radical (unpaired) electrons. The van der Waals surface area contributed by atoms with Gasteiger partial charge in [0.1, 0.15) is 5.75 Å². The van der Waals surface area contributed by atoms with Crippen molar-refractivity contribution in [3.8, 4) is 5.75 Å². The molecule has 2 aromatic rings. The maximum Gasteiger partial charge on any atom is 0.220 e. The van der Waals surface area contributed by atoms with Crippen molar-refractivity contribution in [1.29, 1.82) is 0 Å². The molecule has 1 N–H and O–H groups in total. The van der Waals surface area contributed by atoms with Crippen LogP contribution in [0.1, 0.15) is 48.8 Å². The van der Waals surface area contributed by atoms with E-state index in [0.717, 1.165) is 30.0 Å². The van der Waals surface area contributed by atoms with Crippen LogP contribution in [-0.2, 0) is 17.8 Å². The minimum Gasteiger partial charge on any atom is -0.497 e. The standard InChI is InChI=1S/C23H36N4O2/c1-16(2)15-27-18(4)21(17(3)25-27)12-13-23(28)24-14-22(26(5)6)19-8-10-20(29-7)11-9-19/h8-11,16,22H,12-15H2,1-7H3,(H,24,28). The summed E-state index contributed by atoms with van der Waals surface area (Å²) in [5.74, 6) is 1.45. The summed E-state index contributed by atoms with van der Waals surface area (Å²) in [6.45, 7) is 9.99. The first-order chi connectivity index (χ1) is 13.7. The van der Waals surface area contributed by atoms with Crippen LogP contribution < -0.4 is 10.1 Å². The lowest BCUT2D eigenvalue weighted by molar-refractivity contribution is -0.121. The Balaban J connectivity index is 1.93. The van der Waals surface area contributed by atoms with Gasteiger partial charge < -0.3 is 15.0 Å². The molecular weight excluding hydrogens is 364 g/mol. The zero-order valence-corrected chi connectivity index (χ0v) is 19.0. The molecule has 1 atom stereocenters. The van der Waals surface area contributed by atoms with Gasteiger partial charge >= 0.3 is 0 Å². The Morgan fingerprint density at radius 3 is 2.41 bits per heavy atom. The van der Waals surface area contributed by atoms with Crippen molar-refractivity contribution in [3.05, 3.63) is 46.8 Å². The first-order valence-electron chi connectivity index (χ1n) is 10.3. The number of nitrogens with zero attached hydrogens (tertiary/aromatic N) is 3. The Morgan fingerprint density at radius 1 is 1.21 bits per heavy atom. The molecule has 1 aromatic heterocycles. The Labute approximate surface area is 175 Å². The van der Waals surface area contributed by atoms with Crippen LogP contribution in [0.25, 0.3) is 0 Å². The van der Waals surface area contributed by atoms with E-state index in [1.165, 1.54) is 11.3 Å². The SMILES string of the molecule is COc1ccc(C(CNC(=O)CCc2c(C)nn(CC(C)C)c2C)N(C)C)cc1. The van der Waals surface area contributed by atoms with Crippen molar-refractivity contribution >= 4 is 5.91 Å². The Kier molecular flexibility index (Phi) is 8.26. The number of aromatic nitrogens is 2. The molecule has 0 bridgehead atoms. The van der Waals surface area contributed by atoms with Crippen LogP contribution >= 0.6 is 0 Å². The zero-order chi connectivity index (χ0) is 21.6. The third kappa shape index (κ3) is 6.32. The van der Waals surface area contributed by atoms with Crippen molar-refractivity contribution in [3.63, 3.8) is 0 Å². The molecule has 1 aromatic carbocycles. The van der Waals surface area contributed by atoms with Gasteiger partial charge in [0.25, 0.3) is 0 Å². The molecular formula is C23H36N4O2. The van der Waals surface area contributed by atoms with Gasteiger partial charge in [-0.2, -0.15) is 5.10 Å². The summed E-state index contributed by atoms with van der Waals surface area (Å²) in [7, 11) is 5.71. The lowest BCUT2D eigenvalue weighted by Crippen LogP contribution is -2.34. The average Bonchev–Trinajstić information content (AvgIpc) is 2.92. The Bertz CT molecular complexity index is 794. The first kappa shape index (κ1) is 22.9. The van der Waals surface area contributed by atoms with Gasteiger partial charge in [0, 0.05) is 25.2 Å². The van der Waals surface area contributed by atoms with E-state index in [-0.39, 0.29) is 11.9 Å². The molecule has 0 aliphatic heterocycles. The van der Waals surface area contributed by atoms with Crippen molar-refractivity contribution in [2.45, 2.75) is 53.1 Å². The van der Waals surface area contributed by atoms with Gasteiger partial charge in [-0.3, -0.25) is 9.48 Å². The molecule has 0 spiro atoms. The Morgan fingerprint density at radius 2 is 1.86 bits per heavy atom. The second kappa shape index (κ2) is 10.4. The highest BCUT2D eigenvalue weighted by Gasteiger charge is 2.17. The van der Waals surface area contributed by atoms with E-state index in [2.05, 4.69) is 40.8 Å². The lowest BCUT2D eigenvalue weighted by Gasteiger charge is -2.25. The normalized spacial score (nSPS) is 12.4. The minimum absolute atomic E-state index is 0.0702. The number of nitrogens with one attached hydrogen (secondary N) is 1. The van der Waals surface area contributed by atoms with E-state index in [4.69, 9.17) is 4.74 Å². The van der Waals surface area contributed by atoms with Crippen LogP contribution in [-0.4, -0.2) is 48.3 Å². The largest absolute Gasteiger partial charge is 0.497 e. The number of methoxy groups -OCH3 is 1. The molecule has 0 saturated carbocycles. The highest BCUT2D eigenvalue weighted by molar-refractivity contribution is 5.76. The molecule has 1 amide bonds. The van der Waals surface area contributed by atoms with Gasteiger partial charge in [0.15, 0.2) is 0 Å². The van der Waals surface area contributed by atoms with Crippen LogP contribution in [0.5, 0.6) is 5.75 Å². The van der Waals surface area contributed by atoms with Crippen molar-refractivity contribution in [2.75, 3.05) is 27.7 Å². The second-order valence-electron chi connectivity index (χ2n) is 8.28. The second-order valence-corrected chi connectivity index (χ2v) is 8.28. The van der Waals surface area contributed by atoms with Gasteiger partial charge in [-0.25, -0.2) is 0 Å². The van der Waals surface area contributed by atoms with Gasteiger partial charge in [0.05, 0.1) is 18.8 Å². The monoisotopic (exact) mass is 400 g/mol. The van der Waals surface area contributed by atoms with Crippen LogP contribution in [0.4, 0.5) is 0 Å². The molecule has 0 aliphatic rings. The zero-order valence-electron chi connectivity index (χ0n) is 19.0. The number of ether oxygens (including phenoxy) is 1. The third-order valence-electron chi connectivity index (χ3n) is 5.29. The van der Waals surface area contributed by atoms with Crippen LogP contribution in [0.15, 0.2) is 24.3 Å². The number of likely N-dealkylation sites (N-methyl/N-ethyl adjacent to an activating group) is 1. The molecule has 2 rings (SSSR count). The van der Waals surface area contributed by atoms with Crippen molar-refractivity contribution in [1.82, 2.24) is 20.0 Å². The van der Waals surface area contributed by atoms with E-state index in [9.17, 15) is 4.79 Å². The van der Waals surface area contributed by atoms with Crippen LogP contribution in [0.3, 0.4) is 0 Å². The molecule has 1 unspecified atom stereocenters. The molecule has 160 valence electrons. The summed E-state index contributed by atoms with van der Waals surface area (Å²) >= 11 is 0. The van der Waals surface area contributed by atoms with E-state index in [1.807, 2.05) is 45.3 Å². The number of carbonyl (C=O) groups is 1. The molecule has 6 heteroatoms. The number of rotatable bonds is 10. The molecule has 0 fully saturated rings. The summed E-state index contributed by atoms with van der Waals surface area (Å²) in [6.07, 6.45) is 1.19. The third-order valence-corrected chi connectivity index (χ3v) is 5.29. The van der Waals surface area contributed by atoms with E-state index >= 15 is 0 Å². The fraction of sp³-hybridized carbons (Fsp3) is 0.565. The highest BCUT2D eigenvalue weighted by Crippen LogP contribution is 2.21. The lowest BCUT2D eigenvalue weighted by atomic mass is 10.0. The van der Waals surface area contributed by atoms with Crippen molar-refractivity contribution in [2.24, 2.45) is 5.92 Å². The Hall–Kier alpha value is -2.34. The number of hydrogen-bond acceptors (Lipinski definition) is 4. The molecule has 1 heterocycles. The number of benzene rings is 1. The molecule has 6 nitrogen and oxygen atoms in total. The smallest absolute Gasteiger partial charge is 0.220 e. The minimum atomic E-state index is 0.0702. The van der Waals surface area contributed by atoms with E-state index in [1.54, 1.807) is 7.11 Å². The molecule has 0 saturated heterocycles. The first-order valence-corrected chi connectivity index (χ1v) is 10.3. The number of hydrogen-bond donors (Lipinski definition) is 1.